The summed E-state index contributed by atoms with van der Waals surface area (Å²) in [6.07, 6.45) is 6.79. The van der Waals surface area contributed by atoms with Crippen molar-refractivity contribution < 1.29 is 39.3 Å². The minimum Gasteiger partial charge on any atom is -0.325 e. The summed E-state index contributed by atoms with van der Waals surface area (Å²) in [7, 11) is 0. The summed E-state index contributed by atoms with van der Waals surface area (Å²) in [4.78, 5) is 56.8. The Morgan fingerprint density at radius 3 is 1.60 bits per heavy atom. The molecule has 0 unspecified atom stereocenters. The summed E-state index contributed by atoms with van der Waals surface area (Å²) in [6, 6.07) is 40.3. The molecule has 1 fully saturated rings. The van der Waals surface area contributed by atoms with E-state index in [2.05, 4.69) is 32.1 Å². The van der Waals surface area contributed by atoms with Gasteiger partial charge in [-0.1, -0.05) is 24.3 Å². The van der Waals surface area contributed by atoms with Crippen LogP contribution in [0.5, 0.6) is 0 Å². The molecular formula is C38H29IrN5O4-2. The SMILES string of the molecule is Cc1ccnc(-c2cc(C(=O)ON3C(=O)CCC3=O)ccn2)c1.[Ir].[c-]1ccccc1-c1ccccn1.[c-]1ccccc1-c1ccccn1. The van der Waals surface area contributed by atoms with E-state index >= 15 is 0 Å². The van der Waals surface area contributed by atoms with Crippen molar-refractivity contribution >= 4 is 17.8 Å². The summed E-state index contributed by atoms with van der Waals surface area (Å²) in [5.74, 6) is -1.82. The number of carbonyl (C=O) groups is 3. The van der Waals surface area contributed by atoms with E-state index in [0.717, 1.165) is 28.1 Å². The summed E-state index contributed by atoms with van der Waals surface area (Å²) in [6.45, 7) is 1.92. The van der Waals surface area contributed by atoms with Crippen LogP contribution in [0, 0.1) is 19.1 Å². The van der Waals surface area contributed by atoms with Crippen molar-refractivity contribution in [2.45, 2.75) is 19.8 Å². The fourth-order valence-corrected chi connectivity index (χ4v) is 4.32. The Balaban J connectivity index is 0.000000176. The molecule has 1 radical (unpaired) electrons. The molecule has 1 aliphatic rings. The van der Waals surface area contributed by atoms with Crippen LogP contribution in [0.2, 0.25) is 0 Å². The number of benzene rings is 2. The smallest absolute Gasteiger partial charge is 0.325 e. The average Bonchev–Trinajstić information content (AvgIpc) is 3.46. The van der Waals surface area contributed by atoms with Gasteiger partial charge in [-0.2, -0.15) is 0 Å². The van der Waals surface area contributed by atoms with Crippen molar-refractivity contribution in [3.05, 3.63) is 157 Å². The molecule has 0 spiro atoms. The van der Waals surface area contributed by atoms with Crippen LogP contribution in [0.25, 0.3) is 33.9 Å². The molecule has 2 amide bonds. The summed E-state index contributed by atoms with van der Waals surface area (Å²) < 4.78 is 0. The molecule has 10 heteroatoms. The van der Waals surface area contributed by atoms with E-state index in [0.29, 0.717) is 16.5 Å². The first-order valence-corrected chi connectivity index (χ1v) is 14.7. The maximum Gasteiger partial charge on any atom is 0.364 e. The van der Waals surface area contributed by atoms with Crippen molar-refractivity contribution in [2.24, 2.45) is 0 Å². The molecule has 7 rings (SSSR count). The van der Waals surface area contributed by atoms with E-state index in [4.69, 9.17) is 4.84 Å². The predicted octanol–water partition coefficient (Wildman–Crippen LogP) is 6.77. The average molecular weight is 812 g/mol. The number of rotatable bonds is 5. The fourth-order valence-electron chi connectivity index (χ4n) is 4.32. The second kappa shape index (κ2) is 17.8. The maximum absolute atomic E-state index is 12.1. The molecule has 1 aliphatic heterocycles. The minimum atomic E-state index is -0.787. The Kier molecular flexibility index (Phi) is 13.1. The number of aryl methyl sites for hydroxylation is 1. The van der Waals surface area contributed by atoms with Crippen molar-refractivity contribution in [2.75, 3.05) is 0 Å². The van der Waals surface area contributed by atoms with Crippen molar-refractivity contribution in [3.63, 3.8) is 0 Å². The number of hydroxylamine groups is 2. The second-order valence-corrected chi connectivity index (χ2v) is 10.1. The van der Waals surface area contributed by atoms with Crippen molar-refractivity contribution in [1.82, 2.24) is 25.0 Å². The zero-order valence-corrected chi connectivity index (χ0v) is 28.2. The summed E-state index contributed by atoms with van der Waals surface area (Å²) in [5, 5.41) is 0.521. The predicted molar refractivity (Wildman–Crippen MR) is 176 cm³/mol. The van der Waals surface area contributed by atoms with Gasteiger partial charge in [-0.3, -0.25) is 19.6 Å². The standard InChI is InChI=1S/C16H13N3O4.2C11H8N.Ir/c1-10-4-6-17-12(8-10)13-9-11(5-7-18-13)16(22)23-19-14(20)2-3-15(19)21;2*1-2-6-10(7-3-1)11-8-4-5-9-12-11;/h4-9H,2-3H2,1H3;2*1-6,8-9H;/q;2*-1;. The van der Waals surface area contributed by atoms with Gasteiger partial charge in [0.2, 0.25) is 0 Å². The maximum atomic E-state index is 12.1. The molecule has 1 saturated heterocycles. The van der Waals surface area contributed by atoms with Gasteiger partial charge >= 0.3 is 5.97 Å². The molecule has 5 heterocycles. The molecule has 241 valence electrons. The number of aromatic nitrogens is 4. The van der Waals surface area contributed by atoms with Crippen LogP contribution < -0.4 is 0 Å². The molecule has 0 atom stereocenters. The van der Waals surface area contributed by atoms with E-state index in [1.165, 1.54) is 18.3 Å². The van der Waals surface area contributed by atoms with Crippen LogP contribution in [0.3, 0.4) is 0 Å². The number of pyridine rings is 4. The molecule has 0 N–H and O–H groups in total. The first-order valence-electron chi connectivity index (χ1n) is 14.7. The van der Waals surface area contributed by atoms with Gasteiger partial charge in [0.25, 0.3) is 11.8 Å². The molecule has 4 aromatic heterocycles. The van der Waals surface area contributed by atoms with Crippen LogP contribution in [-0.2, 0) is 34.5 Å². The van der Waals surface area contributed by atoms with Crippen molar-refractivity contribution in [1.29, 1.82) is 0 Å². The minimum absolute atomic E-state index is 0. The first-order chi connectivity index (χ1) is 23.0. The van der Waals surface area contributed by atoms with E-state index < -0.39 is 17.8 Å². The molecule has 0 aliphatic carbocycles. The summed E-state index contributed by atoms with van der Waals surface area (Å²) in [5.41, 5.74) is 6.34. The zero-order valence-electron chi connectivity index (χ0n) is 25.8. The second-order valence-electron chi connectivity index (χ2n) is 10.1. The van der Waals surface area contributed by atoms with Gasteiger partial charge < -0.3 is 14.8 Å². The third kappa shape index (κ3) is 9.90. The Labute approximate surface area is 292 Å². The van der Waals surface area contributed by atoms with Crippen LogP contribution in [-0.4, -0.2) is 42.8 Å². The number of hydrogen-bond donors (Lipinski definition) is 0. The monoisotopic (exact) mass is 812 g/mol. The van der Waals surface area contributed by atoms with Gasteiger partial charge in [0.1, 0.15) is 0 Å². The number of nitrogens with zero attached hydrogens (tertiary/aromatic N) is 5. The summed E-state index contributed by atoms with van der Waals surface area (Å²) >= 11 is 0. The fraction of sp³-hybridized carbons (Fsp3) is 0.0789. The number of amides is 2. The largest absolute Gasteiger partial charge is 0.364 e. The van der Waals surface area contributed by atoms with E-state index in [1.807, 2.05) is 104 Å². The van der Waals surface area contributed by atoms with E-state index in [1.54, 1.807) is 18.6 Å². The third-order valence-electron chi connectivity index (χ3n) is 6.65. The van der Waals surface area contributed by atoms with E-state index in [-0.39, 0.29) is 38.5 Å². The molecule has 0 bridgehead atoms. The van der Waals surface area contributed by atoms with Gasteiger partial charge in [0.05, 0.1) is 17.0 Å². The van der Waals surface area contributed by atoms with Crippen LogP contribution in [0.15, 0.2) is 134 Å². The molecule has 48 heavy (non-hydrogen) atoms. The Bertz CT molecular complexity index is 1760. The number of carbonyl (C=O) groups excluding carboxylic acids is 3. The van der Waals surface area contributed by atoms with Crippen molar-refractivity contribution in [3.8, 4) is 33.9 Å². The Morgan fingerprint density at radius 2 is 1.12 bits per heavy atom. The molecular weight excluding hydrogens is 783 g/mol. The first kappa shape index (κ1) is 35.2. The number of imide groups is 1. The molecule has 9 nitrogen and oxygen atoms in total. The molecule has 2 aromatic carbocycles. The molecule has 0 saturated carbocycles. The quantitative estimate of drug-likeness (QED) is 0.139. The molecule has 6 aromatic rings. The third-order valence-corrected chi connectivity index (χ3v) is 6.65. The van der Waals surface area contributed by atoms with E-state index in [9.17, 15) is 14.4 Å². The van der Waals surface area contributed by atoms with Gasteiger partial charge in [-0.05, 0) is 60.3 Å². The van der Waals surface area contributed by atoms with Gasteiger partial charge in [-0.25, -0.2) is 4.79 Å². The normalized spacial score (nSPS) is 11.6. The zero-order chi connectivity index (χ0) is 32.8. The topological polar surface area (TPSA) is 115 Å². The van der Waals surface area contributed by atoms with Gasteiger partial charge in [-0.15, -0.1) is 76.9 Å². The number of hydrogen-bond acceptors (Lipinski definition) is 8. The van der Waals surface area contributed by atoms with Crippen LogP contribution in [0.1, 0.15) is 28.8 Å². The van der Waals surface area contributed by atoms with Gasteiger partial charge in [0, 0.05) is 57.7 Å². The Hall–Kier alpha value is -5.70. The van der Waals surface area contributed by atoms with Crippen LogP contribution >= 0.6 is 0 Å². The van der Waals surface area contributed by atoms with Crippen LogP contribution in [0.4, 0.5) is 0 Å². The van der Waals surface area contributed by atoms with Gasteiger partial charge in [0.15, 0.2) is 0 Å². The Morgan fingerprint density at radius 1 is 0.625 bits per heavy atom.